The number of carbonyl (C=O) groups is 1. The second-order valence-corrected chi connectivity index (χ2v) is 9.49. The second kappa shape index (κ2) is 8.29. The van der Waals surface area contributed by atoms with Gasteiger partial charge in [-0.2, -0.15) is 0 Å². The van der Waals surface area contributed by atoms with E-state index >= 15 is 0 Å². The molecule has 156 valence electrons. The first-order valence-electron chi connectivity index (χ1n) is 10.5. The third-order valence-corrected chi connectivity index (χ3v) is 7.31. The van der Waals surface area contributed by atoms with Crippen molar-refractivity contribution in [2.75, 3.05) is 39.4 Å². The maximum atomic E-state index is 12.9. The van der Waals surface area contributed by atoms with Gasteiger partial charge >= 0.3 is 0 Å². The van der Waals surface area contributed by atoms with Crippen LogP contribution in [0, 0.1) is 10.7 Å². The number of ether oxygens (including phenoxy) is 1. The summed E-state index contributed by atoms with van der Waals surface area (Å²) >= 11 is 7.51. The standard InChI is InChI=1S/C20H27N5O2S2/c26-19(23-8-10-27-11-9-23)15-3-1-7-22(13-15)14-24-20(28)25(16-5-6-16)18(21-24)17-4-2-12-29-17/h2,4,12,15-16H,1,3,5-11,13-14H2. The smallest absolute Gasteiger partial charge is 0.227 e. The molecule has 2 aromatic rings. The maximum Gasteiger partial charge on any atom is 0.227 e. The molecule has 0 spiro atoms. The molecule has 0 radical (unpaired) electrons. The van der Waals surface area contributed by atoms with Crippen LogP contribution in [0.3, 0.4) is 0 Å². The Kier molecular flexibility index (Phi) is 5.55. The summed E-state index contributed by atoms with van der Waals surface area (Å²) in [5.41, 5.74) is 0. The molecule has 9 heteroatoms. The van der Waals surface area contributed by atoms with Crippen molar-refractivity contribution < 1.29 is 9.53 Å². The van der Waals surface area contributed by atoms with E-state index in [-0.39, 0.29) is 11.8 Å². The van der Waals surface area contributed by atoms with Gasteiger partial charge in [-0.05, 0) is 55.9 Å². The summed E-state index contributed by atoms with van der Waals surface area (Å²) in [6.45, 7) is 5.17. The van der Waals surface area contributed by atoms with Crippen LogP contribution in [0.1, 0.15) is 31.7 Å². The molecule has 3 fully saturated rings. The minimum Gasteiger partial charge on any atom is -0.378 e. The molecule has 1 atom stereocenters. The largest absolute Gasteiger partial charge is 0.378 e. The van der Waals surface area contributed by atoms with Gasteiger partial charge in [-0.25, -0.2) is 4.68 Å². The zero-order valence-electron chi connectivity index (χ0n) is 16.5. The number of nitrogens with zero attached hydrogens (tertiary/aromatic N) is 5. The number of rotatable bonds is 5. The zero-order chi connectivity index (χ0) is 19.8. The molecule has 3 aliphatic rings. The summed E-state index contributed by atoms with van der Waals surface area (Å²) in [7, 11) is 0. The highest BCUT2D eigenvalue weighted by atomic mass is 32.1. The lowest BCUT2D eigenvalue weighted by molar-refractivity contribution is -0.141. The summed E-state index contributed by atoms with van der Waals surface area (Å²) in [6, 6.07) is 4.67. The van der Waals surface area contributed by atoms with Gasteiger partial charge in [0.1, 0.15) is 0 Å². The maximum absolute atomic E-state index is 12.9. The monoisotopic (exact) mass is 433 g/mol. The predicted octanol–water partition coefficient (Wildman–Crippen LogP) is 3.01. The van der Waals surface area contributed by atoms with Gasteiger partial charge in [-0.1, -0.05) is 6.07 Å². The van der Waals surface area contributed by atoms with E-state index in [0.29, 0.717) is 25.9 Å². The second-order valence-electron chi connectivity index (χ2n) is 8.18. The number of hydrogen-bond donors (Lipinski definition) is 0. The van der Waals surface area contributed by atoms with Crippen LogP contribution in [0.25, 0.3) is 10.7 Å². The van der Waals surface area contributed by atoms with E-state index in [1.807, 2.05) is 9.58 Å². The van der Waals surface area contributed by atoms with Crippen molar-refractivity contribution in [2.45, 2.75) is 38.4 Å². The van der Waals surface area contributed by atoms with Crippen molar-refractivity contribution in [1.82, 2.24) is 24.1 Å². The van der Waals surface area contributed by atoms with Crippen molar-refractivity contribution in [1.29, 1.82) is 0 Å². The van der Waals surface area contributed by atoms with Crippen LogP contribution < -0.4 is 0 Å². The van der Waals surface area contributed by atoms with E-state index < -0.39 is 0 Å². The lowest BCUT2D eigenvalue weighted by Crippen LogP contribution is -2.48. The first-order chi connectivity index (χ1) is 14.2. The van der Waals surface area contributed by atoms with E-state index in [1.165, 1.54) is 17.7 Å². The number of hydrogen-bond acceptors (Lipinski definition) is 6. The summed E-state index contributed by atoms with van der Waals surface area (Å²) in [5, 5.41) is 6.98. The number of carbonyl (C=O) groups excluding carboxylic acids is 1. The van der Waals surface area contributed by atoms with Crippen LogP contribution in [-0.2, 0) is 16.2 Å². The molecule has 0 N–H and O–H groups in total. The Bertz CT molecular complexity index is 912. The van der Waals surface area contributed by atoms with Crippen molar-refractivity contribution in [3.63, 3.8) is 0 Å². The summed E-state index contributed by atoms with van der Waals surface area (Å²) in [5.74, 6) is 1.34. The number of piperidine rings is 1. The van der Waals surface area contributed by atoms with Crippen LogP contribution in [0.5, 0.6) is 0 Å². The number of morpholine rings is 1. The van der Waals surface area contributed by atoms with E-state index in [0.717, 1.165) is 49.6 Å². The SMILES string of the molecule is O=C(C1CCCN(Cn2nc(-c3cccs3)n(C3CC3)c2=S)C1)N1CCOCC1. The topological polar surface area (TPSA) is 55.5 Å². The summed E-state index contributed by atoms with van der Waals surface area (Å²) in [6.07, 6.45) is 4.36. The molecule has 29 heavy (non-hydrogen) atoms. The fourth-order valence-corrected chi connectivity index (χ4v) is 5.40. The fourth-order valence-electron chi connectivity index (χ4n) is 4.36. The molecule has 0 bridgehead atoms. The van der Waals surface area contributed by atoms with Crippen LogP contribution in [-0.4, -0.2) is 69.4 Å². The molecule has 1 amide bonds. The Labute approximate surface area is 179 Å². The average molecular weight is 434 g/mol. The Balaban J connectivity index is 1.32. The quantitative estimate of drug-likeness (QED) is 0.679. The molecule has 2 aliphatic heterocycles. The first kappa shape index (κ1) is 19.4. The molecule has 5 rings (SSSR count). The van der Waals surface area contributed by atoms with E-state index in [4.69, 9.17) is 22.1 Å². The van der Waals surface area contributed by atoms with Gasteiger partial charge in [0.15, 0.2) is 10.6 Å². The van der Waals surface area contributed by atoms with Gasteiger partial charge in [-0.3, -0.25) is 14.3 Å². The van der Waals surface area contributed by atoms with Crippen molar-refractivity contribution in [2.24, 2.45) is 5.92 Å². The summed E-state index contributed by atoms with van der Waals surface area (Å²) < 4.78 is 10.4. The third kappa shape index (κ3) is 4.05. The zero-order valence-corrected chi connectivity index (χ0v) is 18.2. The van der Waals surface area contributed by atoms with Crippen molar-refractivity contribution in [3.8, 4) is 10.7 Å². The van der Waals surface area contributed by atoms with E-state index in [2.05, 4.69) is 27.0 Å². The van der Waals surface area contributed by atoms with Gasteiger partial charge in [0, 0.05) is 25.7 Å². The Morgan fingerprint density at radius 2 is 2.07 bits per heavy atom. The molecular formula is C20H27N5O2S2. The number of thiophene rings is 1. The van der Waals surface area contributed by atoms with Crippen LogP contribution >= 0.6 is 23.6 Å². The Morgan fingerprint density at radius 3 is 2.79 bits per heavy atom. The van der Waals surface area contributed by atoms with Crippen molar-refractivity contribution in [3.05, 3.63) is 22.3 Å². The molecule has 4 heterocycles. The van der Waals surface area contributed by atoms with E-state index in [1.54, 1.807) is 11.3 Å². The lowest BCUT2D eigenvalue weighted by atomic mass is 9.96. The average Bonchev–Trinajstić information content (AvgIpc) is 3.33. The normalized spacial score (nSPS) is 23.4. The molecule has 1 aliphatic carbocycles. The fraction of sp³-hybridized carbons (Fsp3) is 0.650. The van der Waals surface area contributed by atoms with Crippen LogP contribution in [0.2, 0.25) is 0 Å². The van der Waals surface area contributed by atoms with Gasteiger partial charge in [0.05, 0.1) is 30.7 Å². The number of likely N-dealkylation sites (tertiary alicyclic amines) is 1. The Hall–Kier alpha value is -1.55. The third-order valence-electron chi connectivity index (χ3n) is 6.04. The number of amides is 1. The van der Waals surface area contributed by atoms with Crippen molar-refractivity contribution >= 4 is 29.5 Å². The molecule has 7 nitrogen and oxygen atoms in total. The van der Waals surface area contributed by atoms with Crippen LogP contribution in [0.15, 0.2) is 17.5 Å². The minimum absolute atomic E-state index is 0.0679. The summed E-state index contributed by atoms with van der Waals surface area (Å²) in [4.78, 5) is 18.4. The minimum atomic E-state index is 0.0679. The predicted molar refractivity (Wildman–Crippen MR) is 114 cm³/mol. The molecule has 2 saturated heterocycles. The van der Waals surface area contributed by atoms with Gasteiger partial charge in [0.2, 0.25) is 5.91 Å². The highest BCUT2D eigenvalue weighted by Gasteiger charge is 2.32. The van der Waals surface area contributed by atoms with Gasteiger partial charge in [-0.15, -0.1) is 16.4 Å². The number of aromatic nitrogens is 3. The van der Waals surface area contributed by atoms with E-state index in [9.17, 15) is 4.79 Å². The highest BCUT2D eigenvalue weighted by Crippen LogP contribution is 2.39. The van der Waals surface area contributed by atoms with Gasteiger partial charge < -0.3 is 9.64 Å². The molecule has 2 aromatic heterocycles. The van der Waals surface area contributed by atoms with Gasteiger partial charge in [0.25, 0.3) is 0 Å². The first-order valence-corrected chi connectivity index (χ1v) is 11.8. The highest BCUT2D eigenvalue weighted by molar-refractivity contribution is 7.71. The lowest BCUT2D eigenvalue weighted by Gasteiger charge is -2.36. The van der Waals surface area contributed by atoms with Crippen LogP contribution in [0.4, 0.5) is 0 Å². The molecule has 0 aromatic carbocycles. The molecule has 1 unspecified atom stereocenters. The molecular weight excluding hydrogens is 406 g/mol. The molecule has 1 saturated carbocycles. The Morgan fingerprint density at radius 1 is 1.24 bits per heavy atom.